The molecule has 0 rings (SSSR count). The van der Waals surface area contributed by atoms with Crippen LogP contribution in [-0.4, -0.2) is 38.4 Å². The molecule has 0 amide bonds. The van der Waals surface area contributed by atoms with Gasteiger partial charge in [0, 0.05) is 0 Å². The van der Waals surface area contributed by atoms with Gasteiger partial charge in [-0.2, -0.15) is 21.6 Å². The van der Waals surface area contributed by atoms with Crippen molar-refractivity contribution in [3.05, 3.63) is 0 Å². The Hall–Kier alpha value is -0.790. The fourth-order valence-corrected chi connectivity index (χ4v) is 2.73. The molecule has 17 heavy (non-hydrogen) atoms. The molecule has 0 aromatic heterocycles. The summed E-state index contributed by atoms with van der Waals surface area (Å²) in [5.74, 6) is -0.184. The molecule has 1 N–H and O–H groups in total. The number of hydrogen-bond acceptors (Lipinski definition) is 4. The van der Waals surface area contributed by atoms with Crippen molar-refractivity contribution < 1.29 is 34.6 Å². The molecular formula is C7H9F3O5S2. The molecule has 0 saturated carbocycles. The van der Waals surface area contributed by atoms with Crippen LogP contribution in [0.1, 0.15) is 6.92 Å². The van der Waals surface area contributed by atoms with Gasteiger partial charge in [0.15, 0.2) is 0 Å². The molecule has 0 aromatic rings. The number of hydrogen-bond donors (Lipinski definition) is 1. The van der Waals surface area contributed by atoms with Gasteiger partial charge in [0.1, 0.15) is 0 Å². The normalized spacial score (nSPS) is 14.9. The summed E-state index contributed by atoms with van der Waals surface area (Å²) >= 11 is 0. The Labute approximate surface area is 96.7 Å². The highest BCUT2D eigenvalue weighted by Crippen LogP contribution is 2.25. The van der Waals surface area contributed by atoms with E-state index in [4.69, 9.17) is 4.55 Å². The van der Waals surface area contributed by atoms with Gasteiger partial charge >= 0.3 is 5.51 Å². The van der Waals surface area contributed by atoms with Crippen LogP contribution in [0, 0.1) is 17.8 Å². The predicted octanol–water partition coefficient (Wildman–Crippen LogP) is 0.448. The van der Waals surface area contributed by atoms with E-state index in [1.807, 2.05) is 5.92 Å². The van der Waals surface area contributed by atoms with Crippen molar-refractivity contribution in [3.8, 4) is 11.8 Å². The summed E-state index contributed by atoms with van der Waals surface area (Å²) in [6.45, 7) is 1.21. The topological polar surface area (TPSA) is 88.5 Å². The Morgan fingerprint density at radius 1 is 1.18 bits per heavy atom. The zero-order chi connectivity index (χ0) is 13.9. The number of sulfone groups is 1. The van der Waals surface area contributed by atoms with Gasteiger partial charge in [-0.25, -0.2) is 8.42 Å². The lowest BCUT2D eigenvalue weighted by molar-refractivity contribution is -0.0437. The summed E-state index contributed by atoms with van der Waals surface area (Å²) in [7, 11) is -10.1. The van der Waals surface area contributed by atoms with Gasteiger partial charge in [0.25, 0.3) is 10.1 Å². The first-order valence-electron chi connectivity index (χ1n) is 4.05. The lowest BCUT2D eigenvalue weighted by Crippen LogP contribution is -2.31. The maximum absolute atomic E-state index is 12.0. The molecular weight excluding hydrogens is 285 g/mol. The quantitative estimate of drug-likeness (QED) is 0.600. The van der Waals surface area contributed by atoms with Gasteiger partial charge in [-0.1, -0.05) is 5.92 Å². The molecule has 0 heterocycles. The maximum atomic E-state index is 12.0. The average Bonchev–Trinajstić information content (AvgIpc) is 1.97. The third kappa shape index (κ3) is 5.90. The highest BCUT2D eigenvalue weighted by atomic mass is 32.2. The highest BCUT2D eigenvalue weighted by molar-refractivity contribution is 7.92. The average molecular weight is 294 g/mol. The summed E-state index contributed by atoms with van der Waals surface area (Å²) in [5, 5.41) is 0. The van der Waals surface area contributed by atoms with Crippen LogP contribution in [0.15, 0.2) is 0 Å². The van der Waals surface area contributed by atoms with Gasteiger partial charge < -0.3 is 0 Å². The van der Waals surface area contributed by atoms with Crippen molar-refractivity contribution in [1.82, 2.24) is 0 Å². The molecule has 0 saturated heterocycles. The lowest BCUT2D eigenvalue weighted by Gasteiger charge is -2.11. The van der Waals surface area contributed by atoms with Crippen LogP contribution < -0.4 is 0 Å². The van der Waals surface area contributed by atoms with Crippen molar-refractivity contribution in [2.75, 3.05) is 11.5 Å². The molecule has 0 aliphatic carbocycles. The summed E-state index contributed by atoms with van der Waals surface area (Å²) in [4.78, 5) is 0. The number of halogens is 3. The van der Waals surface area contributed by atoms with E-state index in [2.05, 4.69) is 5.92 Å². The Bertz CT molecular complexity index is 520. The van der Waals surface area contributed by atoms with Crippen LogP contribution in [0.4, 0.5) is 13.2 Å². The molecule has 0 aliphatic rings. The molecule has 0 radical (unpaired) electrons. The lowest BCUT2D eigenvalue weighted by atomic mass is 10.2. The first-order chi connectivity index (χ1) is 7.39. The van der Waals surface area contributed by atoms with Crippen LogP contribution >= 0.6 is 0 Å². The monoisotopic (exact) mass is 294 g/mol. The first-order valence-corrected chi connectivity index (χ1v) is 7.31. The summed E-state index contributed by atoms with van der Waals surface area (Å²) in [5.41, 5.74) is -5.47. The summed E-state index contributed by atoms with van der Waals surface area (Å²) < 4.78 is 86.9. The third-order valence-corrected chi connectivity index (χ3v) is 3.90. The van der Waals surface area contributed by atoms with Crippen LogP contribution in [0.3, 0.4) is 0 Å². The second kappa shape index (κ2) is 5.24. The van der Waals surface area contributed by atoms with Crippen LogP contribution in [0.25, 0.3) is 0 Å². The molecule has 0 bridgehead atoms. The van der Waals surface area contributed by atoms with E-state index < -0.39 is 42.9 Å². The minimum atomic E-state index is -5.47. The highest BCUT2D eigenvalue weighted by Gasteiger charge is 2.46. The number of alkyl halides is 3. The van der Waals surface area contributed by atoms with E-state index in [1.165, 1.54) is 6.92 Å². The Balaban J connectivity index is 5.09. The van der Waals surface area contributed by atoms with Crippen molar-refractivity contribution >= 4 is 20.0 Å². The molecule has 0 aliphatic heterocycles. The Morgan fingerprint density at radius 2 is 1.65 bits per heavy atom. The van der Waals surface area contributed by atoms with Crippen molar-refractivity contribution in [2.45, 2.75) is 12.4 Å². The van der Waals surface area contributed by atoms with E-state index in [0.717, 1.165) is 0 Å². The zero-order valence-electron chi connectivity index (χ0n) is 8.52. The van der Waals surface area contributed by atoms with Gasteiger partial charge in [-0.05, 0) is 6.92 Å². The van der Waals surface area contributed by atoms with Crippen LogP contribution in [-0.2, 0) is 20.0 Å². The molecule has 0 spiro atoms. The fourth-order valence-electron chi connectivity index (χ4n) is 0.949. The standard InChI is InChI=1S/C7H9F3O5S2/c1-2-3-6(5-17(13,14)15)4-16(11,12)7(8,9)10/h6H,4-5H2,1H3,(H,13,14,15). The molecule has 0 aromatic carbocycles. The second-order valence-corrected chi connectivity index (χ2v) is 6.59. The molecule has 0 fully saturated rings. The molecule has 5 nitrogen and oxygen atoms in total. The van der Waals surface area contributed by atoms with E-state index in [-0.39, 0.29) is 0 Å². The van der Waals surface area contributed by atoms with Crippen LogP contribution in [0.2, 0.25) is 0 Å². The van der Waals surface area contributed by atoms with Crippen molar-refractivity contribution in [3.63, 3.8) is 0 Å². The Morgan fingerprint density at radius 3 is 1.94 bits per heavy atom. The second-order valence-electron chi connectivity index (χ2n) is 3.07. The third-order valence-electron chi connectivity index (χ3n) is 1.53. The van der Waals surface area contributed by atoms with Gasteiger partial charge in [0.2, 0.25) is 9.84 Å². The van der Waals surface area contributed by atoms with E-state index in [1.54, 1.807) is 0 Å². The smallest absolute Gasteiger partial charge is 0.286 e. The maximum Gasteiger partial charge on any atom is 0.497 e. The fraction of sp³-hybridized carbons (Fsp3) is 0.714. The minimum Gasteiger partial charge on any atom is -0.286 e. The molecule has 1 unspecified atom stereocenters. The first kappa shape index (κ1) is 16.2. The van der Waals surface area contributed by atoms with Crippen molar-refractivity contribution in [1.29, 1.82) is 0 Å². The Kier molecular flexibility index (Phi) is 5.00. The van der Waals surface area contributed by atoms with Gasteiger partial charge in [0.05, 0.1) is 17.4 Å². The van der Waals surface area contributed by atoms with E-state index in [9.17, 15) is 30.0 Å². The van der Waals surface area contributed by atoms with Crippen molar-refractivity contribution in [2.24, 2.45) is 5.92 Å². The van der Waals surface area contributed by atoms with Crippen LogP contribution in [0.5, 0.6) is 0 Å². The van der Waals surface area contributed by atoms with E-state index >= 15 is 0 Å². The van der Waals surface area contributed by atoms with Gasteiger partial charge in [-0.15, -0.1) is 5.92 Å². The molecule has 1 atom stereocenters. The molecule has 100 valence electrons. The molecule has 10 heteroatoms. The number of rotatable bonds is 4. The minimum absolute atomic E-state index is 1.16. The SMILES string of the molecule is CC#CC(CS(=O)(=O)O)CS(=O)(=O)C(F)(F)F. The summed E-state index contributed by atoms with van der Waals surface area (Å²) in [6.07, 6.45) is 0. The zero-order valence-corrected chi connectivity index (χ0v) is 10.2. The van der Waals surface area contributed by atoms with E-state index in [0.29, 0.717) is 0 Å². The van der Waals surface area contributed by atoms with Gasteiger partial charge in [-0.3, -0.25) is 4.55 Å². The predicted molar refractivity (Wildman–Crippen MR) is 53.2 cm³/mol. The summed E-state index contributed by atoms with van der Waals surface area (Å²) in [6, 6.07) is 0. The largest absolute Gasteiger partial charge is 0.497 e.